The standard InChI is InChI=1S/C44H54N4O2/c1-2-3-28-45-35-36-20-24-39(25-21-36)49-31-16-10-8-6-4-5-7-9-11-17-32-50-40-26-22-37(23-27-40)38-33-43(41-18-12-14-29-46-41)48-44(34-38)42-19-13-15-30-47-42/h12-15,18-27,29-30,33-34,45H,2-11,16-17,28,31-32,35H2,1H3. The van der Waals surface area contributed by atoms with E-state index in [4.69, 9.17) is 14.5 Å². The van der Waals surface area contributed by atoms with Crippen LogP contribution in [0.2, 0.25) is 0 Å². The van der Waals surface area contributed by atoms with Crippen LogP contribution in [0, 0.1) is 0 Å². The van der Waals surface area contributed by atoms with Crippen molar-refractivity contribution in [1.29, 1.82) is 0 Å². The van der Waals surface area contributed by atoms with Crippen LogP contribution < -0.4 is 14.8 Å². The van der Waals surface area contributed by atoms with Gasteiger partial charge in [-0.1, -0.05) is 101 Å². The van der Waals surface area contributed by atoms with Gasteiger partial charge in [0.15, 0.2) is 0 Å². The van der Waals surface area contributed by atoms with Crippen LogP contribution in [0.5, 0.6) is 11.5 Å². The summed E-state index contributed by atoms with van der Waals surface area (Å²) in [5.41, 5.74) is 6.83. The van der Waals surface area contributed by atoms with Crippen LogP contribution in [0.1, 0.15) is 89.5 Å². The van der Waals surface area contributed by atoms with Crippen LogP contribution in [0.15, 0.2) is 109 Å². The van der Waals surface area contributed by atoms with Gasteiger partial charge in [0, 0.05) is 18.9 Å². The molecule has 0 aliphatic heterocycles. The summed E-state index contributed by atoms with van der Waals surface area (Å²) in [6.07, 6.45) is 18.6. The first-order chi connectivity index (χ1) is 24.8. The molecule has 6 heteroatoms. The van der Waals surface area contributed by atoms with Gasteiger partial charge in [0.2, 0.25) is 0 Å². The lowest BCUT2D eigenvalue weighted by molar-refractivity contribution is 0.303. The largest absolute Gasteiger partial charge is 0.494 e. The van der Waals surface area contributed by atoms with Crippen LogP contribution >= 0.6 is 0 Å². The lowest BCUT2D eigenvalue weighted by Gasteiger charge is -2.11. The Labute approximate surface area is 299 Å². The fraction of sp³-hybridized carbons (Fsp3) is 0.386. The highest BCUT2D eigenvalue weighted by Gasteiger charge is 2.10. The van der Waals surface area contributed by atoms with Crippen molar-refractivity contribution < 1.29 is 9.47 Å². The molecule has 0 unspecified atom stereocenters. The van der Waals surface area contributed by atoms with E-state index in [0.29, 0.717) is 0 Å². The first-order valence-electron chi connectivity index (χ1n) is 18.8. The zero-order chi connectivity index (χ0) is 34.5. The molecule has 0 aliphatic rings. The lowest BCUT2D eigenvalue weighted by Crippen LogP contribution is -2.14. The second kappa shape index (κ2) is 21.5. The maximum Gasteiger partial charge on any atom is 0.119 e. The number of ether oxygens (including phenoxy) is 2. The molecule has 0 bridgehead atoms. The fourth-order valence-corrected chi connectivity index (χ4v) is 5.97. The van der Waals surface area contributed by atoms with Gasteiger partial charge in [0.25, 0.3) is 0 Å². The van der Waals surface area contributed by atoms with Crippen LogP contribution in [-0.4, -0.2) is 34.7 Å². The molecule has 0 saturated carbocycles. The van der Waals surface area contributed by atoms with Crippen molar-refractivity contribution >= 4 is 0 Å². The number of aromatic nitrogens is 3. The van der Waals surface area contributed by atoms with Gasteiger partial charge in [0.1, 0.15) is 11.5 Å². The number of benzene rings is 2. The Hall–Kier alpha value is -4.55. The molecular weight excluding hydrogens is 617 g/mol. The molecule has 5 rings (SSSR count). The summed E-state index contributed by atoms with van der Waals surface area (Å²) < 4.78 is 12.0. The summed E-state index contributed by atoms with van der Waals surface area (Å²) in [4.78, 5) is 13.9. The van der Waals surface area contributed by atoms with Crippen LogP contribution in [0.4, 0.5) is 0 Å². The van der Waals surface area contributed by atoms with E-state index in [9.17, 15) is 0 Å². The second-order valence-electron chi connectivity index (χ2n) is 13.0. The minimum Gasteiger partial charge on any atom is -0.494 e. The highest BCUT2D eigenvalue weighted by atomic mass is 16.5. The Morgan fingerprint density at radius 3 is 1.48 bits per heavy atom. The molecule has 0 aliphatic carbocycles. The number of nitrogens with one attached hydrogen (secondary N) is 1. The maximum absolute atomic E-state index is 6.08. The first-order valence-corrected chi connectivity index (χ1v) is 18.8. The normalized spacial score (nSPS) is 11.1. The number of rotatable bonds is 23. The summed E-state index contributed by atoms with van der Waals surface area (Å²) in [7, 11) is 0. The average molecular weight is 671 g/mol. The molecule has 3 aromatic heterocycles. The van der Waals surface area contributed by atoms with E-state index >= 15 is 0 Å². The molecule has 0 spiro atoms. The minimum absolute atomic E-state index is 0.755. The molecule has 0 amide bonds. The summed E-state index contributed by atoms with van der Waals surface area (Å²) in [6.45, 7) is 5.81. The SMILES string of the molecule is CCCCNCc1ccc(OCCCCCCCCCCCCOc2ccc(-c3cc(-c4ccccn4)nc(-c4ccccn4)c3)cc2)cc1. The molecule has 50 heavy (non-hydrogen) atoms. The Morgan fingerprint density at radius 1 is 0.500 bits per heavy atom. The van der Waals surface area contributed by atoms with Gasteiger partial charge < -0.3 is 14.8 Å². The van der Waals surface area contributed by atoms with Gasteiger partial charge in [-0.05, 0) is 103 Å². The van der Waals surface area contributed by atoms with Crippen LogP contribution in [0.3, 0.4) is 0 Å². The molecule has 0 atom stereocenters. The number of nitrogens with zero attached hydrogens (tertiary/aromatic N) is 3. The molecule has 262 valence electrons. The number of unbranched alkanes of at least 4 members (excludes halogenated alkanes) is 10. The maximum atomic E-state index is 6.08. The third-order valence-electron chi connectivity index (χ3n) is 8.90. The highest BCUT2D eigenvalue weighted by molar-refractivity contribution is 5.74. The second-order valence-corrected chi connectivity index (χ2v) is 13.0. The van der Waals surface area contributed by atoms with Crippen molar-refractivity contribution in [3.8, 4) is 45.4 Å². The molecule has 5 aromatic rings. The minimum atomic E-state index is 0.755. The van der Waals surface area contributed by atoms with E-state index in [-0.39, 0.29) is 0 Å². The summed E-state index contributed by atoms with van der Waals surface area (Å²) in [5.74, 6) is 1.89. The predicted octanol–water partition coefficient (Wildman–Crippen LogP) is 11.1. The van der Waals surface area contributed by atoms with E-state index in [1.165, 1.54) is 69.8 Å². The van der Waals surface area contributed by atoms with Crippen molar-refractivity contribution in [2.45, 2.75) is 90.5 Å². The van der Waals surface area contributed by atoms with Gasteiger partial charge in [-0.15, -0.1) is 0 Å². The van der Waals surface area contributed by atoms with Crippen LogP contribution in [-0.2, 0) is 6.54 Å². The molecule has 2 aromatic carbocycles. The van der Waals surface area contributed by atoms with Crippen LogP contribution in [0.25, 0.3) is 33.9 Å². The number of pyridine rings is 3. The first kappa shape index (κ1) is 36.7. The molecule has 0 radical (unpaired) electrons. The van der Waals surface area contributed by atoms with Crippen molar-refractivity contribution in [2.24, 2.45) is 0 Å². The molecule has 0 fully saturated rings. The molecule has 6 nitrogen and oxygen atoms in total. The van der Waals surface area contributed by atoms with Crippen molar-refractivity contribution in [1.82, 2.24) is 20.3 Å². The van der Waals surface area contributed by atoms with E-state index in [0.717, 1.165) is 84.5 Å². The monoisotopic (exact) mass is 670 g/mol. The van der Waals surface area contributed by atoms with E-state index in [1.807, 2.05) is 36.4 Å². The van der Waals surface area contributed by atoms with E-state index < -0.39 is 0 Å². The zero-order valence-electron chi connectivity index (χ0n) is 29.9. The topological polar surface area (TPSA) is 69.2 Å². The van der Waals surface area contributed by atoms with Gasteiger partial charge in [-0.25, -0.2) is 4.98 Å². The summed E-state index contributed by atoms with van der Waals surface area (Å²) in [5, 5.41) is 3.49. The third-order valence-corrected chi connectivity index (χ3v) is 8.90. The zero-order valence-corrected chi connectivity index (χ0v) is 29.9. The molecule has 1 N–H and O–H groups in total. The number of hydrogen-bond donors (Lipinski definition) is 1. The Morgan fingerprint density at radius 2 is 1.00 bits per heavy atom. The molecule has 0 saturated heterocycles. The van der Waals surface area contributed by atoms with Gasteiger partial charge in [0.05, 0.1) is 36.0 Å². The lowest BCUT2D eigenvalue weighted by atomic mass is 10.0. The summed E-state index contributed by atoms with van der Waals surface area (Å²) in [6, 6.07) is 32.9. The van der Waals surface area contributed by atoms with E-state index in [2.05, 4.69) is 82.9 Å². The Bertz CT molecular complexity index is 1570. The molecule has 3 heterocycles. The van der Waals surface area contributed by atoms with Crippen molar-refractivity contribution in [2.75, 3.05) is 19.8 Å². The van der Waals surface area contributed by atoms with Gasteiger partial charge >= 0.3 is 0 Å². The quantitative estimate of drug-likeness (QED) is 0.0698. The predicted molar refractivity (Wildman–Crippen MR) is 206 cm³/mol. The Balaban J connectivity index is 0.912. The smallest absolute Gasteiger partial charge is 0.119 e. The van der Waals surface area contributed by atoms with Crippen molar-refractivity contribution in [3.05, 3.63) is 115 Å². The van der Waals surface area contributed by atoms with Crippen molar-refractivity contribution in [3.63, 3.8) is 0 Å². The third kappa shape index (κ3) is 12.7. The van der Waals surface area contributed by atoms with Gasteiger partial charge in [-0.2, -0.15) is 0 Å². The highest BCUT2D eigenvalue weighted by Crippen LogP contribution is 2.30. The molecular formula is C44H54N4O2. The van der Waals surface area contributed by atoms with Gasteiger partial charge in [-0.3, -0.25) is 9.97 Å². The average Bonchev–Trinajstić information content (AvgIpc) is 3.18. The summed E-state index contributed by atoms with van der Waals surface area (Å²) >= 11 is 0. The Kier molecular flexibility index (Phi) is 15.8. The fourth-order valence-electron chi connectivity index (χ4n) is 5.97. The van der Waals surface area contributed by atoms with E-state index in [1.54, 1.807) is 12.4 Å². The number of hydrogen-bond acceptors (Lipinski definition) is 6.